The average molecular weight is 311 g/mol. The molecule has 1 fully saturated rings. The van der Waals surface area contributed by atoms with Crippen LogP contribution in [0.25, 0.3) is 0 Å². The zero-order valence-electron chi connectivity index (χ0n) is 11.9. The second kappa shape index (κ2) is 7.11. The number of amides is 1. The number of carboxylic acid groups (broad SMARTS) is 1. The van der Waals surface area contributed by atoms with Crippen LogP contribution in [0.2, 0.25) is 0 Å². The number of hydrogen-bond acceptors (Lipinski definition) is 3. The van der Waals surface area contributed by atoms with E-state index in [0.717, 1.165) is 0 Å². The summed E-state index contributed by atoms with van der Waals surface area (Å²) in [7, 11) is 0. The van der Waals surface area contributed by atoms with Crippen molar-refractivity contribution in [2.45, 2.75) is 38.8 Å². The van der Waals surface area contributed by atoms with Crippen LogP contribution in [0.15, 0.2) is 0 Å². The molecule has 0 saturated carbocycles. The lowest BCUT2D eigenvalue weighted by atomic mass is 9.77. The highest BCUT2D eigenvalue weighted by Gasteiger charge is 2.41. The lowest BCUT2D eigenvalue weighted by Gasteiger charge is -2.39. The van der Waals surface area contributed by atoms with Gasteiger partial charge < -0.3 is 14.7 Å². The van der Waals surface area contributed by atoms with E-state index in [1.165, 1.54) is 4.90 Å². The minimum Gasteiger partial charge on any atom is -0.481 e. The van der Waals surface area contributed by atoms with Gasteiger partial charge in [-0.1, -0.05) is 6.92 Å². The van der Waals surface area contributed by atoms with Gasteiger partial charge in [0.15, 0.2) is 0 Å². The molecule has 1 heterocycles. The van der Waals surface area contributed by atoms with Crippen LogP contribution in [0.1, 0.15) is 32.6 Å². The van der Waals surface area contributed by atoms with E-state index in [0.29, 0.717) is 25.8 Å². The molecular formula is C13H20F3NO4. The maximum atomic E-state index is 11.9. The summed E-state index contributed by atoms with van der Waals surface area (Å²) in [6, 6.07) is 0. The molecule has 0 aromatic carbocycles. The van der Waals surface area contributed by atoms with Crippen molar-refractivity contribution in [1.29, 1.82) is 0 Å². The van der Waals surface area contributed by atoms with Crippen molar-refractivity contribution in [3.05, 3.63) is 0 Å². The Morgan fingerprint density at radius 3 is 2.57 bits per heavy atom. The minimum atomic E-state index is -4.41. The maximum Gasteiger partial charge on any atom is 0.411 e. The molecule has 0 aromatic rings. The van der Waals surface area contributed by atoms with Crippen LogP contribution < -0.4 is 0 Å². The molecule has 1 aliphatic heterocycles. The average Bonchev–Trinajstić information content (AvgIpc) is 2.42. The number of piperidine rings is 1. The van der Waals surface area contributed by atoms with E-state index in [1.54, 1.807) is 6.92 Å². The molecule has 1 amide bonds. The highest BCUT2D eigenvalue weighted by Crippen LogP contribution is 2.33. The number of rotatable bonds is 6. The second-order valence-corrected chi connectivity index (χ2v) is 5.28. The Labute approximate surface area is 121 Å². The van der Waals surface area contributed by atoms with Crippen molar-refractivity contribution in [3.63, 3.8) is 0 Å². The van der Waals surface area contributed by atoms with Gasteiger partial charge in [-0.15, -0.1) is 0 Å². The van der Waals surface area contributed by atoms with E-state index in [9.17, 15) is 27.9 Å². The van der Waals surface area contributed by atoms with Crippen molar-refractivity contribution in [3.8, 4) is 0 Å². The van der Waals surface area contributed by atoms with Gasteiger partial charge in [0, 0.05) is 13.1 Å². The third-order valence-electron chi connectivity index (χ3n) is 3.79. The van der Waals surface area contributed by atoms with Crippen LogP contribution >= 0.6 is 0 Å². The molecule has 0 aliphatic carbocycles. The Morgan fingerprint density at radius 1 is 1.38 bits per heavy atom. The minimum absolute atomic E-state index is 0.108. The fourth-order valence-corrected chi connectivity index (χ4v) is 2.46. The number of hydrogen-bond donors (Lipinski definition) is 1. The fraction of sp³-hybridized carbons (Fsp3) is 0.846. The van der Waals surface area contributed by atoms with Gasteiger partial charge >= 0.3 is 12.1 Å². The summed E-state index contributed by atoms with van der Waals surface area (Å²) in [6.45, 7) is 0.605. The maximum absolute atomic E-state index is 11.9. The van der Waals surface area contributed by atoms with Gasteiger partial charge in [-0.2, -0.15) is 13.2 Å². The zero-order chi connectivity index (χ0) is 16.1. The smallest absolute Gasteiger partial charge is 0.411 e. The SMILES string of the molecule is CCC1(C(=O)O)CCCN(C(=O)CCOCC(F)(F)F)C1. The van der Waals surface area contributed by atoms with Crippen molar-refractivity contribution in [1.82, 2.24) is 4.90 Å². The van der Waals surface area contributed by atoms with Gasteiger partial charge in [-0.25, -0.2) is 0 Å². The lowest BCUT2D eigenvalue weighted by Crippen LogP contribution is -2.49. The number of carbonyl (C=O) groups is 2. The molecule has 21 heavy (non-hydrogen) atoms. The highest BCUT2D eigenvalue weighted by atomic mass is 19.4. The van der Waals surface area contributed by atoms with E-state index in [2.05, 4.69) is 4.74 Å². The van der Waals surface area contributed by atoms with E-state index in [4.69, 9.17) is 0 Å². The molecule has 1 atom stereocenters. The summed E-state index contributed by atoms with van der Waals surface area (Å²) in [5.74, 6) is -1.30. The van der Waals surface area contributed by atoms with Crippen LogP contribution in [0.5, 0.6) is 0 Å². The van der Waals surface area contributed by atoms with Crippen molar-refractivity contribution < 1.29 is 32.6 Å². The van der Waals surface area contributed by atoms with E-state index in [-0.39, 0.29) is 25.5 Å². The summed E-state index contributed by atoms with van der Waals surface area (Å²) < 4.78 is 40.1. The molecule has 5 nitrogen and oxygen atoms in total. The number of nitrogens with zero attached hydrogens (tertiary/aromatic N) is 1. The van der Waals surface area contributed by atoms with Gasteiger partial charge in [-0.05, 0) is 19.3 Å². The predicted molar refractivity (Wildman–Crippen MR) is 67.7 cm³/mol. The number of aliphatic carboxylic acids is 1. The lowest BCUT2D eigenvalue weighted by molar-refractivity contribution is -0.175. The van der Waals surface area contributed by atoms with E-state index in [1.807, 2.05) is 0 Å². The van der Waals surface area contributed by atoms with Gasteiger partial charge in [-0.3, -0.25) is 9.59 Å². The molecule has 0 radical (unpaired) electrons. The number of carboxylic acids is 1. The standard InChI is InChI=1S/C13H20F3NO4/c1-2-12(11(19)20)5-3-6-17(8-12)10(18)4-7-21-9-13(14,15)16/h2-9H2,1H3,(H,19,20). The molecule has 1 rings (SSSR count). The van der Waals surface area contributed by atoms with Gasteiger partial charge in [0.1, 0.15) is 6.61 Å². The van der Waals surface area contributed by atoms with E-state index < -0.39 is 24.2 Å². The zero-order valence-corrected chi connectivity index (χ0v) is 11.9. The van der Waals surface area contributed by atoms with Crippen LogP contribution in [0, 0.1) is 5.41 Å². The predicted octanol–water partition coefficient (Wildman–Crippen LogP) is 2.06. The summed E-state index contributed by atoms with van der Waals surface area (Å²) in [5.41, 5.74) is -0.944. The van der Waals surface area contributed by atoms with Gasteiger partial charge in [0.2, 0.25) is 5.91 Å². The largest absolute Gasteiger partial charge is 0.481 e. The summed E-state index contributed by atoms with van der Waals surface area (Å²) in [4.78, 5) is 24.7. The number of carbonyl (C=O) groups excluding carboxylic acids is 1. The molecule has 0 aromatic heterocycles. The number of ether oxygens (including phenoxy) is 1. The molecule has 8 heteroatoms. The molecule has 1 aliphatic rings. The Balaban J connectivity index is 2.45. The number of alkyl halides is 3. The van der Waals surface area contributed by atoms with E-state index >= 15 is 0 Å². The second-order valence-electron chi connectivity index (χ2n) is 5.28. The quantitative estimate of drug-likeness (QED) is 0.763. The molecule has 122 valence electrons. The Morgan fingerprint density at radius 2 is 2.05 bits per heavy atom. The van der Waals surface area contributed by atoms with Crippen LogP contribution in [-0.2, 0) is 14.3 Å². The summed E-state index contributed by atoms with van der Waals surface area (Å²) in [6.07, 6.45) is -3.08. The molecule has 1 saturated heterocycles. The van der Waals surface area contributed by atoms with Crippen molar-refractivity contribution in [2.24, 2.45) is 5.41 Å². The van der Waals surface area contributed by atoms with Crippen LogP contribution in [0.4, 0.5) is 13.2 Å². The van der Waals surface area contributed by atoms with Crippen LogP contribution in [-0.4, -0.2) is 54.4 Å². The van der Waals surface area contributed by atoms with Crippen LogP contribution in [0.3, 0.4) is 0 Å². The number of likely N-dealkylation sites (tertiary alicyclic amines) is 1. The molecule has 1 unspecified atom stereocenters. The molecule has 0 bridgehead atoms. The highest BCUT2D eigenvalue weighted by molar-refractivity contribution is 5.79. The molecule has 1 N–H and O–H groups in total. The normalized spacial score (nSPS) is 23.1. The Hall–Kier alpha value is -1.31. The Bertz CT molecular complexity index is 386. The first-order valence-electron chi connectivity index (χ1n) is 6.86. The monoisotopic (exact) mass is 311 g/mol. The van der Waals surface area contributed by atoms with Gasteiger partial charge in [0.05, 0.1) is 18.4 Å². The third-order valence-corrected chi connectivity index (χ3v) is 3.79. The first-order chi connectivity index (χ1) is 9.70. The van der Waals surface area contributed by atoms with Crippen molar-refractivity contribution in [2.75, 3.05) is 26.3 Å². The third kappa shape index (κ3) is 5.18. The molecular weight excluding hydrogens is 291 g/mol. The topological polar surface area (TPSA) is 66.8 Å². The van der Waals surface area contributed by atoms with Gasteiger partial charge in [0.25, 0.3) is 0 Å². The van der Waals surface area contributed by atoms with Crippen molar-refractivity contribution >= 4 is 11.9 Å². The summed E-state index contributed by atoms with van der Waals surface area (Å²) in [5, 5.41) is 9.30. The fourth-order valence-electron chi connectivity index (χ4n) is 2.46. The molecule has 0 spiro atoms. The summed E-state index contributed by atoms with van der Waals surface area (Å²) >= 11 is 0. The number of halogens is 3. The first-order valence-corrected chi connectivity index (χ1v) is 6.86. The first kappa shape index (κ1) is 17.7. The Kier molecular flexibility index (Phi) is 6.00.